The summed E-state index contributed by atoms with van der Waals surface area (Å²) in [6.07, 6.45) is 0.638. The number of rotatable bonds is 3. The van der Waals surface area contributed by atoms with Crippen LogP contribution in [-0.4, -0.2) is 60.8 Å². The molecular weight excluding hydrogens is 234 g/mol. The van der Waals surface area contributed by atoms with Crippen molar-refractivity contribution in [1.29, 1.82) is 0 Å². The Bertz CT molecular complexity index is 367. The zero-order valence-corrected chi connectivity index (χ0v) is 10.1. The van der Waals surface area contributed by atoms with Gasteiger partial charge >= 0.3 is 5.97 Å². The van der Waals surface area contributed by atoms with Gasteiger partial charge in [0.2, 0.25) is 0 Å². The van der Waals surface area contributed by atoms with Crippen molar-refractivity contribution >= 4 is 16.2 Å². The fourth-order valence-corrected chi connectivity index (χ4v) is 2.93. The van der Waals surface area contributed by atoms with E-state index in [1.165, 1.54) is 14.1 Å². The molecule has 1 aliphatic heterocycles. The minimum Gasteiger partial charge on any atom is -0.480 e. The van der Waals surface area contributed by atoms with Gasteiger partial charge in [0.05, 0.1) is 0 Å². The van der Waals surface area contributed by atoms with Crippen molar-refractivity contribution in [1.82, 2.24) is 8.61 Å². The fraction of sp³-hybridized carbons (Fsp3) is 0.875. The van der Waals surface area contributed by atoms with Crippen molar-refractivity contribution in [3.05, 3.63) is 0 Å². The van der Waals surface area contributed by atoms with Crippen LogP contribution < -0.4 is 5.73 Å². The first kappa shape index (κ1) is 13.4. The van der Waals surface area contributed by atoms with E-state index in [2.05, 4.69) is 0 Å². The van der Waals surface area contributed by atoms with Crippen molar-refractivity contribution in [2.24, 2.45) is 5.73 Å². The first-order chi connectivity index (χ1) is 7.26. The van der Waals surface area contributed by atoms with Crippen LogP contribution in [0.25, 0.3) is 0 Å². The second kappa shape index (κ2) is 4.66. The first-order valence-corrected chi connectivity index (χ1v) is 6.34. The Hall–Kier alpha value is -0.700. The summed E-state index contributed by atoms with van der Waals surface area (Å²) in [7, 11) is -0.932. The lowest BCUT2D eigenvalue weighted by Crippen LogP contribution is -2.55. The van der Waals surface area contributed by atoms with Crippen molar-refractivity contribution in [3.8, 4) is 0 Å². The van der Waals surface area contributed by atoms with E-state index in [4.69, 9.17) is 10.8 Å². The summed E-state index contributed by atoms with van der Waals surface area (Å²) in [6, 6.07) is -1.31. The van der Waals surface area contributed by atoms with E-state index in [0.717, 1.165) is 8.61 Å². The molecule has 0 bridgehead atoms. The van der Waals surface area contributed by atoms with Crippen LogP contribution in [0.5, 0.6) is 0 Å². The van der Waals surface area contributed by atoms with Crippen LogP contribution in [-0.2, 0) is 15.0 Å². The molecule has 1 aliphatic rings. The molecule has 0 spiro atoms. The number of carboxylic acid groups (broad SMARTS) is 1. The first-order valence-electron chi connectivity index (χ1n) is 4.94. The second-order valence-corrected chi connectivity index (χ2v) is 6.13. The van der Waals surface area contributed by atoms with Gasteiger partial charge in [-0.1, -0.05) is 0 Å². The molecule has 0 amide bonds. The van der Waals surface area contributed by atoms with E-state index in [0.29, 0.717) is 6.42 Å². The van der Waals surface area contributed by atoms with Crippen LogP contribution in [0.2, 0.25) is 0 Å². The number of piperidine rings is 1. The summed E-state index contributed by atoms with van der Waals surface area (Å²) in [5.41, 5.74) is 5.65. The van der Waals surface area contributed by atoms with Gasteiger partial charge in [0.25, 0.3) is 10.2 Å². The lowest BCUT2D eigenvalue weighted by Gasteiger charge is -2.36. The van der Waals surface area contributed by atoms with Crippen LogP contribution in [0.15, 0.2) is 0 Å². The Morgan fingerprint density at radius 3 is 2.50 bits per heavy atom. The highest BCUT2D eigenvalue weighted by atomic mass is 32.2. The van der Waals surface area contributed by atoms with Gasteiger partial charge in [0, 0.05) is 26.7 Å². The van der Waals surface area contributed by atoms with Crippen LogP contribution in [0.4, 0.5) is 0 Å². The van der Waals surface area contributed by atoms with Crippen LogP contribution in [0, 0.1) is 0 Å². The van der Waals surface area contributed by atoms with Gasteiger partial charge < -0.3 is 10.8 Å². The number of hydrogen-bond donors (Lipinski definition) is 2. The molecule has 1 fully saturated rings. The highest BCUT2D eigenvalue weighted by molar-refractivity contribution is 7.86. The smallest absolute Gasteiger partial charge is 0.322 e. The zero-order chi connectivity index (χ0) is 12.5. The van der Waals surface area contributed by atoms with E-state index in [-0.39, 0.29) is 19.0 Å². The van der Waals surface area contributed by atoms with E-state index in [1.54, 1.807) is 0 Å². The molecule has 0 radical (unpaired) electrons. The number of carbonyl (C=O) groups is 1. The minimum absolute atomic E-state index is 0.151. The summed E-state index contributed by atoms with van der Waals surface area (Å²) >= 11 is 0. The maximum absolute atomic E-state index is 11.9. The molecule has 1 saturated heterocycles. The molecule has 1 rings (SSSR count). The number of nitrogens with two attached hydrogens (primary N) is 1. The second-order valence-electron chi connectivity index (χ2n) is 4.04. The van der Waals surface area contributed by atoms with Gasteiger partial charge in [-0.25, -0.2) is 0 Å². The monoisotopic (exact) mass is 251 g/mol. The molecule has 0 aromatic rings. The molecule has 0 aromatic carbocycles. The predicted octanol–water partition coefficient (Wildman–Crippen LogP) is -1.33. The summed E-state index contributed by atoms with van der Waals surface area (Å²) in [5.74, 6) is -1.15. The lowest BCUT2D eigenvalue weighted by molar-refractivity contribution is -0.142. The molecule has 94 valence electrons. The Morgan fingerprint density at radius 2 is 2.06 bits per heavy atom. The maximum atomic E-state index is 11.9. The summed E-state index contributed by atoms with van der Waals surface area (Å²) in [5, 5.41) is 8.99. The number of aliphatic carboxylic acids is 1. The lowest BCUT2D eigenvalue weighted by atomic mass is 10.0. The topological polar surface area (TPSA) is 104 Å². The summed E-state index contributed by atoms with van der Waals surface area (Å²) < 4.78 is 25.7. The molecule has 2 atom stereocenters. The molecule has 7 nitrogen and oxygen atoms in total. The number of hydrogen-bond acceptors (Lipinski definition) is 4. The van der Waals surface area contributed by atoms with E-state index in [1.807, 2.05) is 0 Å². The molecule has 3 N–H and O–H groups in total. The molecule has 2 unspecified atom stereocenters. The summed E-state index contributed by atoms with van der Waals surface area (Å²) in [4.78, 5) is 11.0. The van der Waals surface area contributed by atoms with Gasteiger partial charge in [-0.3, -0.25) is 4.79 Å². The predicted molar refractivity (Wildman–Crippen MR) is 57.9 cm³/mol. The van der Waals surface area contributed by atoms with Gasteiger partial charge in [-0.05, 0) is 12.8 Å². The SMILES string of the molecule is CN(C)S(=O)(=O)N1CCC(N)CC1C(=O)O. The highest BCUT2D eigenvalue weighted by Gasteiger charge is 2.40. The quantitative estimate of drug-likeness (QED) is 0.646. The van der Waals surface area contributed by atoms with Crippen molar-refractivity contribution in [2.75, 3.05) is 20.6 Å². The van der Waals surface area contributed by atoms with Gasteiger partial charge in [-0.2, -0.15) is 17.0 Å². The van der Waals surface area contributed by atoms with E-state index >= 15 is 0 Å². The normalized spacial score (nSPS) is 28.2. The highest BCUT2D eigenvalue weighted by Crippen LogP contribution is 2.21. The molecular formula is C8H17N3O4S. The minimum atomic E-state index is -3.69. The van der Waals surface area contributed by atoms with Gasteiger partial charge in [0.1, 0.15) is 6.04 Å². The molecule has 0 saturated carbocycles. The van der Waals surface area contributed by atoms with Crippen LogP contribution >= 0.6 is 0 Å². The molecule has 0 aliphatic carbocycles. The third-order valence-electron chi connectivity index (χ3n) is 2.64. The Balaban J connectivity index is 2.98. The zero-order valence-electron chi connectivity index (χ0n) is 9.33. The Morgan fingerprint density at radius 1 is 1.50 bits per heavy atom. The fourth-order valence-electron chi connectivity index (χ4n) is 1.68. The molecule has 1 heterocycles. The maximum Gasteiger partial charge on any atom is 0.322 e. The molecule has 8 heteroatoms. The standard InChI is InChI=1S/C8H17N3O4S/c1-10(2)16(14,15)11-4-3-6(9)5-7(11)8(12)13/h6-7H,3-5,9H2,1-2H3,(H,12,13). The van der Waals surface area contributed by atoms with Crippen molar-refractivity contribution in [3.63, 3.8) is 0 Å². The largest absolute Gasteiger partial charge is 0.480 e. The van der Waals surface area contributed by atoms with E-state index < -0.39 is 22.2 Å². The Labute approximate surface area is 95.0 Å². The Kier molecular flexibility index (Phi) is 3.89. The number of carboxylic acids is 1. The van der Waals surface area contributed by atoms with Gasteiger partial charge in [-0.15, -0.1) is 0 Å². The van der Waals surface area contributed by atoms with E-state index in [9.17, 15) is 13.2 Å². The third kappa shape index (κ3) is 2.51. The van der Waals surface area contributed by atoms with Crippen LogP contribution in [0.1, 0.15) is 12.8 Å². The van der Waals surface area contributed by atoms with Crippen LogP contribution in [0.3, 0.4) is 0 Å². The van der Waals surface area contributed by atoms with Crippen molar-refractivity contribution < 1.29 is 18.3 Å². The average molecular weight is 251 g/mol. The number of nitrogens with zero attached hydrogens (tertiary/aromatic N) is 2. The molecule has 0 aromatic heterocycles. The van der Waals surface area contributed by atoms with Crippen molar-refractivity contribution in [2.45, 2.75) is 24.9 Å². The molecule has 16 heavy (non-hydrogen) atoms. The third-order valence-corrected chi connectivity index (χ3v) is 4.59. The average Bonchev–Trinajstić information content (AvgIpc) is 2.16. The van der Waals surface area contributed by atoms with Gasteiger partial charge in [0.15, 0.2) is 0 Å². The summed E-state index contributed by atoms with van der Waals surface area (Å²) in [6.45, 7) is 0.151.